The van der Waals surface area contributed by atoms with Gasteiger partial charge in [-0.2, -0.15) is 5.10 Å². The molecule has 19 heavy (non-hydrogen) atoms. The van der Waals surface area contributed by atoms with Crippen LogP contribution in [0.1, 0.15) is 44.0 Å². The zero-order valence-electron chi connectivity index (χ0n) is 12.0. The molecule has 106 valence electrons. The van der Waals surface area contributed by atoms with Crippen LogP contribution in [-0.2, 0) is 20.0 Å². The summed E-state index contributed by atoms with van der Waals surface area (Å²) in [7, 11) is 1.99. The van der Waals surface area contributed by atoms with Crippen molar-refractivity contribution in [3.63, 3.8) is 0 Å². The first-order chi connectivity index (χ1) is 9.19. The maximum absolute atomic E-state index is 6.36. The highest BCUT2D eigenvalue weighted by Crippen LogP contribution is 2.47. The van der Waals surface area contributed by atoms with Gasteiger partial charge in [-0.05, 0) is 50.0 Å². The molecule has 3 atom stereocenters. The van der Waals surface area contributed by atoms with E-state index >= 15 is 0 Å². The van der Waals surface area contributed by atoms with Crippen molar-refractivity contribution in [2.24, 2.45) is 24.8 Å². The number of nitrogens with one attached hydrogen (secondary N) is 1. The normalized spacial score (nSPS) is 29.3. The number of hydrogen-bond acceptors (Lipinski definition) is 2. The summed E-state index contributed by atoms with van der Waals surface area (Å²) in [6.07, 6.45) is 6.77. The molecule has 2 fully saturated rings. The van der Waals surface area contributed by atoms with Crippen molar-refractivity contribution in [1.82, 2.24) is 15.1 Å². The fourth-order valence-electron chi connectivity index (χ4n) is 4.01. The highest BCUT2D eigenvalue weighted by molar-refractivity contribution is 6.31. The van der Waals surface area contributed by atoms with Crippen molar-refractivity contribution in [3.8, 4) is 0 Å². The molecular weight excluding hydrogens is 258 g/mol. The van der Waals surface area contributed by atoms with Gasteiger partial charge in [-0.1, -0.05) is 24.9 Å². The minimum Gasteiger partial charge on any atom is -0.311 e. The Bertz CT molecular complexity index is 454. The van der Waals surface area contributed by atoms with E-state index in [1.165, 1.54) is 25.7 Å². The van der Waals surface area contributed by atoms with Gasteiger partial charge < -0.3 is 5.32 Å². The van der Waals surface area contributed by atoms with Crippen LogP contribution in [-0.4, -0.2) is 16.3 Å². The van der Waals surface area contributed by atoms with Crippen molar-refractivity contribution in [2.45, 2.75) is 45.6 Å². The molecule has 4 heteroatoms. The molecule has 0 aliphatic heterocycles. The minimum absolute atomic E-state index is 0.843. The fourth-order valence-corrected chi connectivity index (χ4v) is 4.37. The second-order valence-electron chi connectivity index (χ2n) is 6.25. The molecule has 2 bridgehead atoms. The van der Waals surface area contributed by atoms with Crippen LogP contribution in [0, 0.1) is 17.8 Å². The molecule has 0 saturated heterocycles. The number of halogens is 1. The van der Waals surface area contributed by atoms with E-state index in [0.29, 0.717) is 0 Å². The molecule has 0 spiro atoms. The zero-order valence-corrected chi connectivity index (χ0v) is 12.7. The van der Waals surface area contributed by atoms with Gasteiger partial charge in [0.15, 0.2) is 0 Å². The molecule has 0 amide bonds. The third kappa shape index (κ3) is 2.55. The van der Waals surface area contributed by atoms with Crippen molar-refractivity contribution in [3.05, 3.63) is 16.4 Å². The highest BCUT2D eigenvalue weighted by atomic mass is 35.5. The second-order valence-corrected chi connectivity index (χ2v) is 6.63. The maximum Gasteiger partial charge on any atom is 0.0863 e. The van der Waals surface area contributed by atoms with Crippen molar-refractivity contribution < 1.29 is 0 Å². The van der Waals surface area contributed by atoms with Gasteiger partial charge in [-0.3, -0.25) is 4.68 Å². The van der Waals surface area contributed by atoms with E-state index in [0.717, 1.165) is 53.7 Å². The van der Waals surface area contributed by atoms with Gasteiger partial charge in [0.05, 0.1) is 16.4 Å². The lowest BCUT2D eigenvalue weighted by molar-refractivity contribution is 0.317. The van der Waals surface area contributed by atoms with Gasteiger partial charge in [0.25, 0.3) is 0 Å². The summed E-state index contributed by atoms with van der Waals surface area (Å²) >= 11 is 6.36. The van der Waals surface area contributed by atoms with Gasteiger partial charge in [0.2, 0.25) is 0 Å². The van der Waals surface area contributed by atoms with Crippen molar-refractivity contribution in [1.29, 1.82) is 0 Å². The van der Waals surface area contributed by atoms with Crippen molar-refractivity contribution >= 4 is 11.6 Å². The van der Waals surface area contributed by atoms with Gasteiger partial charge in [-0.15, -0.1) is 0 Å². The SMILES string of the molecule is CCc1nn(C)c(CNCC2CC3CCC2C3)c1Cl. The molecular formula is C15H24ClN3. The Hall–Kier alpha value is -0.540. The number of aromatic nitrogens is 2. The molecule has 3 rings (SSSR count). The molecule has 0 radical (unpaired) electrons. The molecule has 3 nitrogen and oxygen atoms in total. The van der Waals surface area contributed by atoms with E-state index in [4.69, 9.17) is 11.6 Å². The van der Waals surface area contributed by atoms with E-state index in [1.807, 2.05) is 11.7 Å². The first-order valence-electron chi connectivity index (χ1n) is 7.60. The Balaban J connectivity index is 1.54. The highest BCUT2D eigenvalue weighted by Gasteiger charge is 2.38. The minimum atomic E-state index is 0.843. The van der Waals surface area contributed by atoms with Crippen LogP contribution in [0.4, 0.5) is 0 Å². The molecule has 2 aliphatic carbocycles. The molecule has 3 unspecified atom stereocenters. The van der Waals surface area contributed by atoms with Gasteiger partial charge >= 0.3 is 0 Å². The van der Waals surface area contributed by atoms with Crippen LogP contribution in [0.25, 0.3) is 0 Å². The van der Waals surface area contributed by atoms with E-state index in [1.54, 1.807) is 0 Å². The average Bonchev–Trinajstić information content (AvgIpc) is 3.07. The Labute approximate surface area is 120 Å². The monoisotopic (exact) mass is 281 g/mol. The van der Waals surface area contributed by atoms with Crippen LogP contribution >= 0.6 is 11.6 Å². The Morgan fingerprint density at radius 1 is 1.37 bits per heavy atom. The summed E-state index contributed by atoms with van der Waals surface area (Å²) in [6, 6.07) is 0. The Morgan fingerprint density at radius 2 is 2.21 bits per heavy atom. The van der Waals surface area contributed by atoms with Crippen LogP contribution in [0.5, 0.6) is 0 Å². The molecule has 1 aromatic heterocycles. The quantitative estimate of drug-likeness (QED) is 0.898. The van der Waals surface area contributed by atoms with Crippen LogP contribution in [0.15, 0.2) is 0 Å². The van der Waals surface area contributed by atoms with Crippen LogP contribution in [0.2, 0.25) is 5.02 Å². The number of nitrogens with zero attached hydrogens (tertiary/aromatic N) is 2. The lowest BCUT2D eigenvalue weighted by Crippen LogP contribution is -2.27. The summed E-state index contributed by atoms with van der Waals surface area (Å²) in [4.78, 5) is 0. The summed E-state index contributed by atoms with van der Waals surface area (Å²) < 4.78 is 1.93. The first kappa shape index (κ1) is 13.4. The molecule has 0 aromatic carbocycles. The number of hydrogen-bond donors (Lipinski definition) is 1. The molecule has 2 aliphatic rings. The number of aryl methyl sites for hydroxylation is 2. The Kier molecular flexibility index (Phi) is 3.86. The summed E-state index contributed by atoms with van der Waals surface area (Å²) in [5, 5.41) is 8.92. The van der Waals surface area contributed by atoms with Crippen LogP contribution < -0.4 is 5.32 Å². The third-order valence-electron chi connectivity index (χ3n) is 5.09. The fraction of sp³-hybridized carbons (Fsp3) is 0.800. The molecule has 1 aromatic rings. The van der Waals surface area contributed by atoms with E-state index in [9.17, 15) is 0 Å². The van der Waals surface area contributed by atoms with Crippen molar-refractivity contribution in [2.75, 3.05) is 6.54 Å². The largest absolute Gasteiger partial charge is 0.311 e. The summed E-state index contributed by atoms with van der Waals surface area (Å²) in [5.41, 5.74) is 2.14. The third-order valence-corrected chi connectivity index (χ3v) is 5.52. The summed E-state index contributed by atoms with van der Waals surface area (Å²) in [5.74, 6) is 2.92. The molecule has 1 heterocycles. The van der Waals surface area contributed by atoms with E-state index < -0.39 is 0 Å². The predicted octanol–water partition coefficient (Wildman–Crippen LogP) is 3.16. The predicted molar refractivity (Wildman–Crippen MR) is 78.2 cm³/mol. The lowest BCUT2D eigenvalue weighted by Gasteiger charge is -2.21. The number of fused-ring (bicyclic) bond motifs is 2. The standard InChI is InChI=1S/C15H24ClN3/c1-3-13-15(16)14(19(2)18-13)9-17-8-12-7-10-4-5-11(12)6-10/h10-12,17H,3-9H2,1-2H3. The van der Waals surface area contributed by atoms with E-state index in [2.05, 4.69) is 17.3 Å². The maximum atomic E-state index is 6.36. The summed E-state index contributed by atoms with van der Waals surface area (Å²) in [6.45, 7) is 4.08. The second kappa shape index (κ2) is 5.45. The van der Waals surface area contributed by atoms with Gasteiger partial charge in [-0.25, -0.2) is 0 Å². The van der Waals surface area contributed by atoms with Crippen LogP contribution in [0.3, 0.4) is 0 Å². The van der Waals surface area contributed by atoms with E-state index in [-0.39, 0.29) is 0 Å². The number of rotatable bonds is 5. The first-order valence-corrected chi connectivity index (χ1v) is 7.97. The van der Waals surface area contributed by atoms with Gasteiger partial charge in [0, 0.05) is 13.6 Å². The molecule has 2 saturated carbocycles. The zero-order chi connectivity index (χ0) is 13.4. The Morgan fingerprint density at radius 3 is 2.79 bits per heavy atom. The smallest absolute Gasteiger partial charge is 0.0863 e. The van der Waals surface area contributed by atoms with Gasteiger partial charge in [0.1, 0.15) is 0 Å². The topological polar surface area (TPSA) is 29.9 Å². The lowest BCUT2D eigenvalue weighted by atomic mass is 9.89. The molecule has 1 N–H and O–H groups in total. The average molecular weight is 282 g/mol.